The highest BCUT2D eigenvalue weighted by atomic mass is 35.5. The van der Waals surface area contributed by atoms with Crippen LogP contribution in [-0.2, 0) is 9.53 Å². The Hall–Kier alpha value is -1.34. The summed E-state index contributed by atoms with van der Waals surface area (Å²) in [4.78, 5) is 29.1. The summed E-state index contributed by atoms with van der Waals surface area (Å²) in [6.45, 7) is 3.33. The van der Waals surface area contributed by atoms with Gasteiger partial charge in [-0.05, 0) is 43.5 Å². The molecule has 2 N–H and O–H groups in total. The fourth-order valence-electron chi connectivity index (χ4n) is 3.36. The Bertz CT molecular complexity index is 633. The molecule has 0 bridgehead atoms. The van der Waals surface area contributed by atoms with Crippen LogP contribution in [0.5, 0.6) is 0 Å². The van der Waals surface area contributed by atoms with E-state index in [1.807, 2.05) is 0 Å². The second kappa shape index (κ2) is 9.04. The third-order valence-corrected chi connectivity index (χ3v) is 5.22. The van der Waals surface area contributed by atoms with E-state index in [0.717, 1.165) is 6.42 Å². The normalized spacial score (nSPS) is 20.1. The number of nitrogens with two attached hydrogens (primary N) is 1. The van der Waals surface area contributed by atoms with E-state index in [-0.39, 0.29) is 24.2 Å². The molecule has 1 aromatic rings. The Morgan fingerprint density at radius 3 is 2.23 bits per heavy atom. The van der Waals surface area contributed by atoms with E-state index in [1.54, 1.807) is 34.1 Å². The fourth-order valence-corrected chi connectivity index (χ4v) is 3.49. The van der Waals surface area contributed by atoms with E-state index in [2.05, 4.69) is 0 Å². The lowest BCUT2D eigenvalue weighted by Gasteiger charge is -2.36. The van der Waals surface area contributed by atoms with Gasteiger partial charge < -0.3 is 20.3 Å². The molecular weight excluding hydrogens is 377 g/mol. The van der Waals surface area contributed by atoms with Gasteiger partial charge in [0.15, 0.2) is 0 Å². The van der Waals surface area contributed by atoms with Gasteiger partial charge in [0.05, 0.1) is 5.54 Å². The van der Waals surface area contributed by atoms with Crippen molar-refractivity contribution < 1.29 is 14.3 Å². The van der Waals surface area contributed by atoms with Crippen LogP contribution in [0.25, 0.3) is 0 Å². The van der Waals surface area contributed by atoms with Gasteiger partial charge in [-0.25, -0.2) is 0 Å². The number of amides is 2. The van der Waals surface area contributed by atoms with Crippen LogP contribution in [0.15, 0.2) is 24.3 Å². The number of hydrogen-bond acceptors (Lipinski definition) is 4. The zero-order chi connectivity index (χ0) is 17.9. The standard InChI is InChI=1S/C18H24ClN3O3.ClH/c19-15-4-2-14(3-5-15)16(23)21-8-1-9-22(11-10-21)17(24)18(20)6-12-25-13-7-18;/h2-5H,1,6-13,20H2;1H. The van der Waals surface area contributed by atoms with Crippen LogP contribution < -0.4 is 5.73 Å². The fraction of sp³-hybridized carbons (Fsp3) is 0.556. The molecule has 6 nitrogen and oxygen atoms in total. The SMILES string of the molecule is Cl.NC1(C(=O)N2CCCN(C(=O)c3ccc(Cl)cc3)CC2)CCOCC1. The Kier molecular flexibility index (Phi) is 7.29. The smallest absolute Gasteiger partial charge is 0.253 e. The maximum Gasteiger partial charge on any atom is 0.253 e. The molecule has 2 aliphatic heterocycles. The Balaban J connectivity index is 0.00000243. The van der Waals surface area contributed by atoms with Gasteiger partial charge in [0.1, 0.15) is 0 Å². The van der Waals surface area contributed by atoms with Gasteiger partial charge in [-0.15, -0.1) is 12.4 Å². The molecule has 0 spiro atoms. The summed E-state index contributed by atoms with van der Waals surface area (Å²) in [6, 6.07) is 6.89. The summed E-state index contributed by atoms with van der Waals surface area (Å²) >= 11 is 5.88. The largest absolute Gasteiger partial charge is 0.381 e. The maximum absolute atomic E-state index is 12.8. The van der Waals surface area contributed by atoms with E-state index >= 15 is 0 Å². The van der Waals surface area contributed by atoms with Gasteiger partial charge in [-0.1, -0.05) is 11.6 Å². The maximum atomic E-state index is 12.8. The highest BCUT2D eigenvalue weighted by molar-refractivity contribution is 6.30. The number of halogens is 2. The molecule has 2 aliphatic rings. The van der Waals surface area contributed by atoms with Crippen LogP contribution in [0.3, 0.4) is 0 Å². The molecule has 26 heavy (non-hydrogen) atoms. The highest BCUT2D eigenvalue weighted by Crippen LogP contribution is 2.22. The Morgan fingerprint density at radius 1 is 1.00 bits per heavy atom. The second-order valence-electron chi connectivity index (χ2n) is 6.71. The van der Waals surface area contributed by atoms with E-state index in [9.17, 15) is 9.59 Å². The quantitative estimate of drug-likeness (QED) is 0.821. The average Bonchev–Trinajstić information content (AvgIpc) is 2.88. The Morgan fingerprint density at radius 2 is 1.58 bits per heavy atom. The van der Waals surface area contributed by atoms with Gasteiger partial charge in [-0.2, -0.15) is 0 Å². The van der Waals surface area contributed by atoms with Gasteiger partial charge in [0, 0.05) is 50.0 Å². The number of carbonyl (C=O) groups excluding carboxylic acids is 2. The van der Waals surface area contributed by atoms with Gasteiger partial charge in [0.25, 0.3) is 5.91 Å². The lowest BCUT2D eigenvalue weighted by atomic mass is 9.89. The molecule has 3 rings (SSSR count). The van der Waals surface area contributed by atoms with Gasteiger partial charge >= 0.3 is 0 Å². The van der Waals surface area contributed by atoms with Gasteiger partial charge in [0.2, 0.25) is 5.91 Å². The predicted molar refractivity (Wildman–Crippen MR) is 103 cm³/mol. The van der Waals surface area contributed by atoms with Crippen molar-refractivity contribution in [1.29, 1.82) is 0 Å². The lowest BCUT2D eigenvalue weighted by Crippen LogP contribution is -2.58. The summed E-state index contributed by atoms with van der Waals surface area (Å²) in [6.07, 6.45) is 1.85. The molecule has 0 saturated carbocycles. The molecule has 0 aromatic heterocycles. The molecule has 0 unspecified atom stereocenters. The van der Waals surface area contributed by atoms with Crippen molar-refractivity contribution in [3.8, 4) is 0 Å². The predicted octanol–water partition coefficient (Wildman–Crippen LogP) is 1.94. The van der Waals surface area contributed by atoms with E-state index in [4.69, 9.17) is 22.1 Å². The van der Waals surface area contributed by atoms with Crippen molar-refractivity contribution in [1.82, 2.24) is 9.80 Å². The van der Waals surface area contributed by atoms with E-state index in [0.29, 0.717) is 62.8 Å². The summed E-state index contributed by atoms with van der Waals surface area (Å²) in [7, 11) is 0. The third-order valence-electron chi connectivity index (χ3n) is 4.97. The van der Waals surface area contributed by atoms with Crippen LogP contribution in [0.2, 0.25) is 5.02 Å². The topological polar surface area (TPSA) is 75.9 Å². The molecule has 0 aliphatic carbocycles. The molecular formula is C18H25Cl2N3O3. The molecule has 2 amide bonds. The van der Waals surface area contributed by atoms with Crippen molar-refractivity contribution in [3.05, 3.63) is 34.9 Å². The molecule has 0 radical (unpaired) electrons. The summed E-state index contributed by atoms with van der Waals surface area (Å²) < 4.78 is 5.32. The third kappa shape index (κ3) is 4.68. The van der Waals surface area contributed by atoms with Crippen LogP contribution in [-0.4, -0.2) is 66.5 Å². The molecule has 2 fully saturated rings. The van der Waals surface area contributed by atoms with E-state index in [1.165, 1.54) is 0 Å². The van der Waals surface area contributed by atoms with Crippen molar-refractivity contribution >= 4 is 35.8 Å². The van der Waals surface area contributed by atoms with Crippen molar-refractivity contribution in [2.45, 2.75) is 24.8 Å². The first-order valence-electron chi connectivity index (χ1n) is 8.70. The number of nitrogens with zero attached hydrogens (tertiary/aromatic N) is 2. The minimum Gasteiger partial charge on any atom is -0.381 e. The summed E-state index contributed by atoms with van der Waals surface area (Å²) in [5, 5.41) is 0.605. The highest BCUT2D eigenvalue weighted by Gasteiger charge is 2.39. The van der Waals surface area contributed by atoms with Crippen molar-refractivity contribution in [2.24, 2.45) is 5.73 Å². The first-order valence-corrected chi connectivity index (χ1v) is 9.08. The van der Waals surface area contributed by atoms with Crippen LogP contribution in [0.4, 0.5) is 0 Å². The average molecular weight is 402 g/mol. The van der Waals surface area contributed by atoms with Crippen LogP contribution >= 0.6 is 24.0 Å². The zero-order valence-electron chi connectivity index (χ0n) is 14.7. The second-order valence-corrected chi connectivity index (χ2v) is 7.15. The van der Waals surface area contributed by atoms with Crippen LogP contribution in [0.1, 0.15) is 29.6 Å². The number of carbonyl (C=O) groups is 2. The van der Waals surface area contributed by atoms with Crippen molar-refractivity contribution in [2.75, 3.05) is 39.4 Å². The van der Waals surface area contributed by atoms with E-state index < -0.39 is 5.54 Å². The minimum atomic E-state index is -0.826. The zero-order valence-corrected chi connectivity index (χ0v) is 16.2. The minimum absolute atomic E-state index is 0. The lowest BCUT2D eigenvalue weighted by molar-refractivity contribution is -0.140. The van der Waals surface area contributed by atoms with Crippen molar-refractivity contribution in [3.63, 3.8) is 0 Å². The molecule has 1 aromatic carbocycles. The first-order chi connectivity index (χ1) is 12.0. The summed E-state index contributed by atoms with van der Waals surface area (Å²) in [5.74, 6) is -0.0453. The molecule has 144 valence electrons. The number of rotatable bonds is 2. The molecule has 0 atom stereocenters. The number of ether oxygens (including phenoxy) is 1. The molecule has 8 heteroatoms. The van der Waals surface area contributed by atoms with Gasteiger partial charge in [-0.3, -0.25) is 9.59 Å². The molecule has 2 heterocycles. The number of benzene rings is 1. The Labute approximate surface area is 165 Å². The van der Waals surface area contributed by atoms with Crippen LogP contribution in [0, 0.1) is 0 Å². The molecule has 2 saturated heterocycles. The first kappa shape index (κ1) is 21.0. The number of hydrogen-bond donors (Lipinski definition) is 1. The monoisotopic (exact) mass is 401 g/mol. The summed E-state index contributed by atoms with van der Waals surface area (Å²) in [5.41, 5.74) is 6.11.